The van der Waals surface area contributed by atoms with Gasteiger partial charge < -0.3 is 9.88 Å². The van der Waals surface area contributed by atoms with Gasteiger partial charge in [-0.3, -0.25) is 14.9 Å². The van der Waals surface area contributed by atoms with Gasteiger partial charge in [-0.1, -0.05) is 55.9 Å². The molecule has 0 unspecified atom stereocenters. The van der Waals surface area contributed by atoms with Crippen LogP contribution in [-0.4, -0.2) is 31.3 Å². The lowest BCUT2D eigenvalue weighted by atomic mass is 10.0. The summed E-state index contributed by atoms with van der Waals surface area (Å²) in [6, 6.07) is 14.1. The third-order valence-electron chi connectivity index (χ3n) is 4.54. The minimum atomic E-state index is -0.497. The minimum Gasteiger partial charge on any atom is -0.325 e. The van der Waals surface area contributed by atoms with E-state index >= 15 is 0 Å². The molecular weight excluding hydrogens is 402 g/mol. The molecule has 0 saturated heterocycles. The average molecular weight is 426 g/mol. The SMILES string of the molecule is CCn1c(SCC(=O)Nc2cccc([N+](=O)[O-])c2)nnc1-c1ccc(C(C)C)cc1. The van der Waals surface area contributed by atoms with E-state index in [4.69, 9.17) is 0 Å². The van der Waals surface area contributed by atoms with Crippen LogP contribution in [0.4, 0.5) is 11.4 Å². The summed E-state index contributed by atoms with van der Waals surface area (Å²) in [7, 11) is 0. The number of aromatic nitrogens is 3. The molecule has 1 heterocycles. The lowest BCUT2D eigenvalue weighted by Crippen LogP contribution is -2.14. The van der Waals surface area contributed by atoms with Crippen LogP contribution in [0.2, 0.25) is 0 Å². The van der Waals surface area contributed by atoms with Crippen LogP contribution in [0, 0.1) is 10.1 Å². The molecule has 1 amide bonds. The van der Waals surface area contributed by atoms with Gasteiger partial charge in [0.15, 0.2) is 11.0 Å². The molecule has 0 saturated carbocycles. The van der Waals surface area contributed by atoms with Crippen molar-refractivity contribution in [3.8, 4) is 11.4 Å². The molecule has 0 aliphatic rings. The first-order valence-electron chi connectivity index (χ1n) is 9.59. The molecule has 2 aromatic carbocycles. The summed E-state index contributed by atoms with van der Waals surface area (Å²) in [5, 5.41) is 22.7. The van der Waals surface area contributed by atoms with Crippen LogP contribution in [0.5, 0.6) is 0 Å². The third-order valence-corrected chi connectivity index (χ3v) is 5.51. The Morgan fingerprint density at radius 2 is 1.93 bits per heavy atom. The second-order valence-corrected chi connectivity index (χ2v) is 7.91. The normalized spacial score (nSPS) is 10.9. The Balaban J connectivity index is 1.68. The van der Waals surface area contributed by atoms with Crippen molar-refractivity contribution in [1.82, 2.24) is 14.8 Å². The number of nitrogens with one attached hydrogen (secondary N) is 1. The molecular formula is C21H23N5O3S. The van der Waals surface area contributed by atoms with E-state index in [1.165, 1.54) is 35.5 Å². The van der Waals surface area contributed by atoms with Crippen LogP contribution in [0.1, 0.15) is 32.3 Å². The van der Waals surface area contributed by atoms with Gasteiger partial charge in [-0.15, -0.1) is 10.2 Å². The number of carbonyl (C=O) groups excluding carboxylic acids is 1. The number of rotatable bonds is 8. The Morgan fingerprint density at radius 1 is 1.20 bits per heavy atom. The number of nitrogens with zero attached hydrogens (tertiary/aromatic N) is 4. The lowest BCUT2D eigenvalue weighted by Gasteiger charge is -2.09. The van der Waals surface area contributed by atoms with Gasteiger partial charge in [-0.05, 0) is 24.5 Å². The number of hydrogen-bond donors (Lipinski definition) is 1. The van der Waals surface area contributed by atoms with E-state index in [1.54, 1.807) is 6.07 Å². The summed E-state index contributed by atoms with van der Waals surface area (Å²) >= 11 is 1.28. The van der Waals surface area contributed by atoms with Crippen molar-refractivity contribution in [3.05, 3.63) is 64.2 Å². The molecule has 0 atom stereocenters. The van der Waals surface area contributed by atoms with Crippen LogP contribution >= 0.6 is 11.8 Å². The van der Waals surface area contributed by atoms with Gasteiger partial charge in [0.2, 0.25) is 5.91 Å². The van der Waals surface area contributed by atoms with Gasteiger partial charge in [-0.25, -0.2) is 0 Å². The highest BCUT2D eigenvalue weighted by Crippen LogP contribution is 2.26. The second kappa shape index (κ2) is 9.53. The second-order valence-electron chi connectivity index (χ2n) is 6.97. The first kappa shape index (κ1) is 21.5. The van der Waals surface area contributed by atoms with E-state index in [-0.39, 0.29) is 17.3 Å². The number of anilines is 1. The smallest absolute Gasteiger partial charge is 0.271 e. The predicted octanol–water partition coefficient (Wildman–Crippen LogP) is 4.73. The standard InChI is InChI=1S/C21H23N5O3S/c1-4-25-20(16-10-8-15(9-11-16)14(2)3)23-24-21(25)30-13-19(27)22-17-6-5-7-18(12-17)26(28)29/h5-12,14H,4,13H2,1-3H3,(H,22,27). The number of thioether (sulfide) groups is 1. The Morgan fingerprint density at radius 3 is 2.57 bits per heavy atom. The highest BCUT2D eigenvalue weighted by atomic mass is 32.2. The van der Waals surface area contributed by atoms with Gasteiger partial charge in [0.25, 0.3) is 5.69 Å². The first-order valence-corrected chi connectivity index (χ1v) is 10.6. The van der Waals surface area contributed by atoms with Gasteiger partial charge in [0.05, 0.1) is 10.7 Å². The van der Waals surface area contributed by atoms with E-state index in [0.717, 1.165) is 11.4 Å². The molecule has 3 rings (SSSR count). The highest BCUT2D eigenvalue weighted by molar-refractivity contribution is 7.99. The summed E-state index contributed by atoms with van der Waals surface area (Å²) in [5.41, 5.74) is 2.55. The van der Waals surface area contributed by atoms with E-state index in [0.29, 0.717) is 23.3 Å². The van der Waals surface area contributed by atoms with Crippen LogP contribution in [0.15, 0.2) is 53.7 Å². The Labute approximate surface area is 178 Å². The molecule has 0 aliphatic heterocycles. The van der Waals surface area contributed by atoms with E-state index in [2.05, 4.69) is 41.5 Å². The maximum atomic E-state index is 12.3. The average Bonchev–Trinajstić information content (AvgIpc) is 3.15. The number of carbonyl (C=O) groups is 1. The maximum Gasteiger partial charge on any atom is 0.271 e. The lowest BCUT2D eigenvalue weighted by molar-refractivity contribution is -0.384. The van der Waals surface area contributed by atoms with Crippen molar-refractivity contribution >= 4 is 29.0 Å². The third kappa shape index (κ3) is 5.04. The van der Waals surface area contributed by atoms with Crippen LogP contribution in [0.3, 0.4) is 0 Å². The molecule has 30 heavy (non-hydrogen) atoms. The van der Waals surface area contributed by atoms with E-state index in [9.17, 15) is 14.9 Å². The molecule has 9 heteroatoms. The van der Waals surface area contributed by atoms with Crippen LogP contribution in [-0.2, 0) is 11.3 Å². The fourth-order valence-corrected chi connectivity index (χ4v) is 3.74. The number of benzene rings is 2. The van der Waals surface area contributed by atoms with Gasteiger partial charge in [0, 0.05) is 29.9 Å². The molecule has 8 nitrogen and oxygen atoms in total. The van der Waals surface area contributed by atoms with Crippen molar-refractivity contribution in [2.24, 2.45) is 0 Å². The molecule has 0 fully saturated rings. The quantitative estimate of drug-likeness (QED) is 0.318. The molecule has 156 valence electrons. The summed E-state index contributed by atoms with van der Waals surface area (Å²) in [6.07, 6.45) is 0. The summed E-state index contributed by atoms with van der Waals surface area (Å²) < 4.78 is 1.97. The van der Waals surface area contributed by atoms with E-state index in [1.807, 2.05) is 23.6 Å². The van der Waals surface area contributed by atoms with Crippen molar-refractivity contribution < 1.29 is 9.72 Å². The predicted molar refractivity (Wildman–Crippen MR) is 118 cm³/mol. The molecule has 0 spiro atoms. The minimum absolute atomic E-state index is 0.0701. The number of hydrogen-bond acceptors (Lipinski definition) is 6. The zero-order valence-electron chi connectivity index (χ0n) is 17.0. The number of nitro groups is 1. The van der Waals surface area contributed by atoms with Crippen molar-refractivity contribution in [1.29, 1.82) is 0 Å². The fraction of sp³-hybridized carbons (Fsp3) is 0.286. The Kier molecular flexibility index (Phi) is 6.83. The maximum absolute atomic E-state index is 12.3. The summed E-state index contributed by atoms with van der Waals surface area (Å²) in [4.78, 5) is 22.7. The molecule has 0 aliphatic carbocycles. The van der Waals surface area contributed by atoms with Crippen molar-refractivity contribution in [2.45, 2.75) is 38.4 Å². The fourth-order valence-electron chi connectivity index (χ4n) is 2.94. The van der Waals surface area contributed by atoms with E-state index < -0.39 is 4.92 Å². The number of amides is 1. The monoisotopic (exact) mass is 425 g/mol. The molecule has 3 aromatic rings. The zero-order valence-corrected chi connectivity index (χ0v) is 17.8. The van der Waals surface area contributed by atoms with Crippen LogP contribution in [0.25, 0.3) is 11.4 Å². The topological polar surface area (TPSA) is 103 Å². The molecule has 1 N–H and O–H groups in total. The molecule has 1 aromatic heterocycles. The van der Waals surface area contributed by atoms with Crippen molar-refractivity contribution in [2.75, 3.05) is 11.1 Å². The summed E-state index contributed by atoms with van der Waals surface area (Å²) in [5.74, 6) is 1.06. The first-order chi connectivity index (χ1) is 14.4. The number of nitro benzene ring substituents is 1. The molecule has 0 radical (unpaired) electrons. The van der Waals surface area contributed by atoms with Gasteiger partial charge in [0.1, 0.15) is 0 Å². The Bertz CT molecular complexity index is 1050. The molecule has 0 bridgehead atoms. The Hall–Kier alpha value is -3.20. The largest absolute Gasteiger partial charge is 0.325 e. The van der Waals surface area contributed by atoms with Gasteiger partial charge in [-0.2, -0.15) is 0 Å². The van der Waals surface area contributed by atoms with Crippen LogP contribution < -0.4 is 5.32 Å². The zero-order chi connectivity index (χ0) is 21.7. The highest BCUT2D eigenvalue weighted by Gasteiger charge is 2.15. The number of non-ortho nitro benzene ring substituents is 1. The van der Waals surface area contributed by atoms with Crippen molar-refractivity contribution in [3.63, 3.8) is 0 Å². The summed E-state index contributed by atoms with van der Waals surface area (Å²) in [6.45, 7) is 6.97. The van der Waals surface area contributed by atoms with Gasteiger partial charge >= 0.3 is 0 Å².